The van der Waals surface area contributed by atoms with Crippen molar-refractivity contribution in [3.05, 3.63) is 17.8 Å². The van der Waals surface area contributed by atoms with E-state index < -0.39 is 12.8 Å². The minimum atomic E-state index is -4.28. The topological polar surface area (TPSA) is 25.0 Å². The molecule has 74 valence electrons. The summed E-state index contributed by atoms with van der Waals surface area (Å²) in [5.41, 5.74) is 0.858. The third-order valence-electron chi connectivity index (χ3n) is 1.49. The summed E-state index contributed by atoms with van der Waals surface area (Å²) in [6.45, 7) is 0.649. The zero-order valence-electron chi connectivity index (χ0n) is 7.11. The molecule has 1 heterocycles. The Balaban J connectivity index is 2.46. The van der Waals surface area contributed by atoms with Gasteiger partial charge >= 0.3 is 6.18 Å². The van der Waals surface area contributed by atoms with Crippen LogP contribution in [0.1, 0.15) is 12.6 Å². The molecule has 0 saturated carbocycles. The van der Waals surface area contributed by atoms with E-state index >= 15 is 0 Å². The van der Waals surface area contributed by atoms with Gasteiger partial charge in [0.25, 0.3) is 0 Å². The fourth-order valence-electron chi connectivity index (χ4n) is 0.868. The lowest BCUT2D eigenvalue weighted by molar-refractivity contribution is -0.154. The summed E-state index contributed by atoms with van der Waals surface area (Å²) in [5.74, 6) is 0.161. The molecule has 1 aromatic heterocycles. The molecule has 0 aliphatic heterocycles. The fourth-order valence-corrected chi connectivity index (χ4v) is 0.868. The molecule has 2 nitrogen and oxygen atoms in total. The first kappa shape index (κ1) is 9.95. The van der Waals surface area contributed by atoms with Crippen LogP contribution in [0.25, 0.3) is 0 Å². The molecule has 1 rings (SSSR count). The molecule has 0 atom stereocenters. The van der Waals surface area contributed by atoms with Gasteiger partial charge in [-0.2, -0.15) is 13.2 Å². The van der Waals surface area contributed by atoms with Crippen molar-refractivity contribution in [2.45, 2.75) is 19.5 Å². The van der Waals surface area contributed by atoms with Gasteiger partial charge in [-0.15, -0.1) is 0 Å². The van der Waals surface area contributed by atoms with Crippen LogP contribution in [0.15, 0.2) is 12.1 Å². The van der Waals surface area contributed by atoms with Gasteiger partial charge in [0.2, 0.25) is 0 Å². The molecule has 0 aliphatic carbocycles. The quantitative estimate of drug-likeness (QED) is 0.783. The predicted molar refractivity (Wildman–Crippen MR) is 41.7 cm³/mol. The zero-order valence-corrected chi connectivity index (χ0v) is 7.11. The van der Waals surface area contributed by atoms with Crippen molar-refractivity contribution in [2.24, 2.45) is 0 Å². The molecule has 13 heavy (non-hydrogen) atoms. The van der Waals surface area contributed by atoms with E-state index in [0.717, 1.165) is 12.1 Å². The molecule has 0 amide bonds. The molecule has 0 spiro atoms. The van der Waals surface area contributed by atoms with E-state index in [2.05, 4.69) is 9.72 Å². The molecular formula is C8H10F3NO. The van der Waals surface area contributed by atoms with Crippen LogP contribution in [0.5, 0.6) is 5.88 Å². The Bertz CT molecular complexity index is 267. The number of rotatable bonds is 3. The van der Waals surface area contributed by atoms with Crippen LogP contribution in [0, 0.1) is 0 Å². The number of halogens is 3. The molecule has 0 bridgehead atoms. The smallest absolute Gasteiger partial charge is 0.422 e. The molecule has 0 aliphatic rings. The molecule has 5 heteroatoms. The summed E-state index contributed by atoms with van der Waals surface area (Å²) >= 11 is 0. The Hall–Kier alpha value is -1.13. The average Bonchev–Trinajstić information content (AvgIpc) is 2.47. The van der Waals surface area contributed by atoms with Gasteiger partial charge in [0.15, 0.2) is 12.5 Å². The van der Waals surface area contributed by atoms with Crippen molar-refractivity contribution in [3.8, 4) is 5.88 Å². The van der Waals surface area contributed by atoms with Crippen LogP contribution in [-0.2, 0) is 6.42 Å². The largest absolute Gasteiger partial charge is 0.469 e. The second-order valence-corrected chi connectivity index (χ2v) is 2.61. The Morgan fingerprint density at radius 2 is 2.08 bits per heavy atom. The first-order valence-electron chi connectivity index (χ1n) is 3.88. The number of hydrogen-bond donors (Lipinski definition) is 1. The SMILES string of the molecule is CCc1ccc(OCC(F)(F)F)[nH]1. The first-order valence-corrected chi connectivity index (χ1v) is 3.88. The van der Waals surface area contributed by atoms with Crippen molar-refractivity contribution >= 4 is 0 Å². The van der Waals surface area contributed by atoms with Crippen molar-refractivity contribution in [1.29, 1.82) is 0 Å². The Labute approximate surface area is 73.7 Å². The van der Waals surface area contributed by atoms with Crippen LogP contribution in [-0.4, -0.2) is 17.8 Å². The third kappa shape index (κ3) is 3.40. The van der Waals surface area contributed by atoms with Gasteiger partial charge < -0.3 is 9.72 Å². The summed E-state index contributed by atoms with van der Waals surface area (Å²) < 4.78 is 39.5. The molecule has 1 N–H and O–H groups in total. The lowest BCUT2D eigenvalue weighted by Crippen LogP contribution is -2.19. The number of aromatic nitrogens is 1. The Morgan fingerprint density at radius 3 is 2.54 bits per heavy atom. The lowest BCUT2D eigenvalue weighted by Gasteiger charge is -2.06. The third-order valence-corrected chi connectivity index (χ3v) is 1.49. The maximum Gasteiger partial charge on any atom is 0.422 e. The molecule has 0 fully saturated rings. The van der Waals surface area contributed by atoms with Gasteiger partial charge in [0.1, 0.15) is 0 Å². The van der Waals surface area contributed by atoms with E-state index in [1.54, 1.807) is 6.07 Å². The lowest BCUT2D eigenvalue weighted by atomic mass is 10.3. The van der Waals surface area contributed by atoms with Gasteiger partial charge in [-0.1, -0.05) is 6.92 Å². The minimum absolute atomic E-state index is 0.161. The van der Waals surface area contributed by atoms with Crippen LogP contribution >= 0.6 is 0 Å². The average molecular weight is 193 g/mol. The number of alkyl halides is 3. The van der Waals surface area contributed by atoms with E-state index in [1.165, 1.54) is 6.07 Å². The molecule has 0 radical (unpaired) electrons. The highest BCUT2D eigenvalue weighted by Crippen LogP contribution is 2.17. The number of ether oxygens (including phenoxy) is 1. The predicted octanol–water partition coefficient (Wildman–Crippen LogP) is 2.52. The van der Waals surface area contributed by atoms with Crippen molar-refractivity contribution in [2.75, 3.05) is 6.61 Å². The number of hydrogen-bond acceptors (Lipinski definition) is 1. The number of nitrogens with one attached hydrogen (secondary N) is 1. The molecule has 0 saturated heterocycles. The maximum absolute atomic E-state index is 11.7. The number of aromatic amines is 1. The second-order valence-electron chi connectivity index (χ2n) is 2.61. The van der Waals surface area contributed by atoms with E-state index in [1.807, 2.05) is 6.92 Å². The number of aryl methyl sites for hydroxylation is 1. The standard InChI is InChI=1S/C8H10F3NO/c1-2-6-3-4-7(12-6)13-5-8(9,10)11/h3-4,12H,2,5H2,1H3. The van der Waals surface area contributed by atoms with Gasteiger partial charge in [-0.25, -0.2) is 0 Å². The molecule has 0 unspecified atom stereocenters. The Kier molecular flexibility index (Phi) is 2.85. The second kappa shape index (κ2) is 3.72. The Morgan fingerprint density at radius 1 is 1.38 bits per heavy atom. The molecular weight excluding hydrogens is 183 g/mol. The number of H-pyrrole nitrogens is 1. The first-order chi connectivity index (χ1) is 6.01. The van der Waals surface area contributed by atoms with Gasteiger partial charge in [-0.3, -0.25) is 0 Å². The fraction of sp³-hybridized carbons (Fsp3) is 0.500. The van der Waals surface area contributed by atoms with Crippen LogP contribution in [0.3, 0.4) is 0 Å². The summed E-state index contributed by atoms with van der Waals surface area (Å²) in [5, 5.41) is 0. The van der Waals surface area contributed by atoms with E-state index in [-0.39, 0.29) is 5.88 Å². The van der Waals surface area contributed by atoms with E-state index in [0.29, 0.717) is 0 Å². The summed E-state index contributed by atoms with van der Waals surface area (Å²) in [6, 6.07) is 3.19. The molecule has 1 aromatic rings. The van der Waals surface area contributed by atoms with Crippen LogP contribution < -0.4 is 4.74 Å². The van der Waals surface area contributed by atoms with Crippen molar-refractivity contribution in [3.63, 3.8) is 0 Å². The van der Waals surface area contributed by atoms with Gasteiger partial charge in [-0.05, 0) is 18.6 Å². The van der Waals surface area contributed by atoms with Crippen molar-refractivity contribution in [1.82, 2.24) is 4.98 Å². The van der Waals surface area contributed by atoms with Crippen molar-refractivity contribution < 1.29 is 17.9 Å². The highest BCUT2D eigenvalue weighted by Gasteiger charge is 2.28. The van der Waals surface area contributed by atoms with Gasteiger partial charge in [0.05, 0.1) is 0 Å². The van der Waals surface area contributed by atoms with E-state index in [4.69, 9.17) is 0 Å². The minimum Gasteiger partial charge on any atom is -0.469 e. The normalized spacial score (nSPS) is 11.7. The zero-order chi connectivity index (χ0) is 9.90. The van der Waals surface area contributed by atoms with E-state index in [9.17, 15) is 13.2 Å². The van der Waals surface area contributed by atoms with Gasteiger partial charge in [0, 0.05) is 5.69 Å². The summed E-state index contributed by atoms with van der Waals surface area (Å²) in [7, 11) is 0. The highest BCUT2D eigenvalue weighted by molar-refractivity contribution is 5.17. The summed E-state index contributed by atoms with van der Waals surface area (Å²) in [6.07, 6.45) is -3.53. The van der Waals surface area contributed by atoms with Crippen LogP contribution in [0.2, 0.25) is 0 Å². The highest BCUT2D eigenvalue weighted by atomic mass is 19.4. The molecule has 0 aromatic carbocycles. The summed E-state index contributed by atoms with van der Waals surface area (Å²) in [4.78, 5) is 2.71. The monoisotopic (exact) mass is 193 g/mol. The van der Waals surface area contributed by atoms with Crippen LogP contribution in [0.4, 0.5) is 13.2 Å². The maximum atomic E-state index is 11.7.